The molecule has 19 heavy (non-hydrogen) atoms. The number of halogens is 2. The normalized spacial score (nSPS) is 12.7. The molecule has 0 aliphatic rings. The molecule has 1 unspecified atom stereocenters. The van der Waals surface area contributed by atoms with E-state index < -0.39 is 0 Å². The Morgan fingerprint density at radius 1 is 1.26 bits per heavy atom. The van der Waals surface area contributed by atoms with Crippen LogP contribution in [0.2, 0.25) is 0 Å². The minimum Gasteiger partial charge on any atom is -0.313 e. The molecule has 0 saturated heterocycles. The Hall–Kier alpha value is -0.650. The molecule has 0 saturated carbocycles. The second kappa shape index (κ2) is 5.77. The smallest absolute Gasteiger partial charge is 0.0743 e. The van der Waals surface area contributed by atoms with Crippen molar-refractivity contribution in [2.24, 2.45) is 0 Å². The molecular formula is C14H17Br2N3. The molecule has 1 aromatic heterocycles. The first kappa shape index (κ1) is 14.8. The number of hydrogen-bond donors (Lipinski definition) is 1. The van der Waals surface area contributed by atoms with Crippen LogP contribution in [0.15, 0.2) is 27.1 Å². The van der Waals surface area contributed by atoms with Crippen LogP contribution in [0.1, 0.15) is 29.9 Å². The molecule has 1 aromatic carbocycles. The van der Waals surface area contributed by atoms with E-state index in [0.29, 0.717) is 6.04 Å². The molecule has 0 amide bonds. The van der Waals surface area contributed by atoms with Crippen LogP contribution in [0.25, 0.3) is 5.69 Å². The van der Waals surface area contributed by atoms with Crippen molar-refractivity contribution < 1.29 is 0 Å². The third-order valence-electron chi connectivity index (χ3n) is 3.33. The summed E-state index contributed by atoms with van der Waals surface area (Å²) in [5.74, 6) is 0. The SMILES string of the molecule is CNC(C)c1ccc(-n2nc(C)c(Br)c2C)cc1Br. The molecule has 0 spiro atoms. The van der Waals surface area contributed by atoms with Gasteiger partial charge in [0.25, 0.3) is 0 Å². The van der Waals surface area contributed by atoms with Crippen molar-refractivity contribution in [3.63, 3.8) is 0 Å². The molecule has 0 radical (unpaired) electrons. The molecule has 0 aliphatic carbocycles. The lowest BCUT2D eigenvalue weighted by Gasteiger charge is -2.14. The van der Waals surface area contributed by atoms with Gasteiger partial charge in [0.2, 0.25) is 0 Å². The van der Waals surface area contributed by atoms with Crippen LogP contribution in [-0.2, 0) is 0 Å². The van der Waals surface area contributed by atoms with Crippen molar-refractivity contribution in [2.75, 3.05) is 7.05 Å². The maximum absolute atomic E-state index is 4.55. The van der Waals surface area contributed by atoms with Crippen molar-refractivity contribution in [3.8, 4) is 5.69 Å². The van der Waals surface area contributed by atoms with Crippen LogP contribution in [-0.4, -0.2) is 16.8 Å². The van der Waals surface area contributed by atoms with E-state index in [-0.39, 0.29) is 0 Å². The van der Waals surface area contributed by atoms with Gasteiger partial charge in [-0.25, -0.2) is 4.68 Å². The molecule has 2 rings (SSSR count). The van der Waals surface area contributed by atoms with Gasteiger partial charge in [0, 0.05) is 10.5 Å². The average Bonchev–Trinajstić information content (AvgIpc) is 2.65. The summed E-state index contributed by atoms with van der Waals surface area (Å²) >= 11 is 7.20. The van der Waals surface area contributed by atoms with Gasteiger partial charge >= 0.3 is 0 Å². The monoisotopic (exact) mass is 385 g/mol. The number of aryl methyl sites for hydroxylation is 1. The minimum absolute atomic E-state index is 0.315. The predicted molar refractivity (Wildman–Crippen MR) is 85.9 cm³/mol. The lowest BCUT2D eigenvalue weighted by molar-refractivity contribution is 0.649. The first-order chi connectivity index (χ1) is 8.95. The predicted octanol–water partition coefficient (Wildman–Crippen LogP) is 4.29. The van der Waals surface area contributed by atoms with Gasteiger partial charge in [0.15, 0.2) is 0 Å². The van der Waals surface area contributed by atoms with Crippen molar-refractivity contribution in [1.29, 1.82) is 0 Å². The molecule has 1 atom stereocenters. The Kier molecular flexibility index (Phi) is 4.48. The van der Waals surface area contributed by atoms with E-state index in [1.165, 1.54) is 5.56 Å². The van der Waals surface area contributed by atoms with Crippen molar-refractivity contribution in [3.05, 3.63) is 44.1 Å². The second-order valence-electron chi connectivity index (χ2n) is 4.61. The van der Waals surface area contributed by atoms with Crippen molar-refractivity contribution in [2.45, 2.75) is 26.8 Å². The Balaban J connectivity index is 2.47. The zero-order valence-corrected chi connectivity index (χ0v) is 14.6. The number of nitrogens with one attached hydrogen (secondary N) is 1. The number of nitrogens with zero attached hydrogens (tertiary/aromatic N) is 2. The molecule has 0 fully saturated rings. The van der Waals surface area contributed by atoms with Crippen LogP contribution >= 0.6 is 31.9 Å². The maximum atomic E-state index is 4.55. The summed E-state index contributed by atoms with van der Waals surface area (Å²) in [5.41, 5.74) is 4.41. The molecule has 102 valence electrons. The van der Waals surface area contributed by atoms with E-state index in [1.54, 1.807) is 0 Å². The van der Waals surface area contributed by atoms with E-state index in [2.05, 4.69) is 74.3 Å². The molecule has 3 nitrogen and oxygen atoms in total. The second-order valence-corrected chi connectivity index (χ2v) is 6.26. The van der Waals surface area contributed by atoms with E-state index in [4.69, 9.17) is 0 Å². The Morgan fingerprint density at radius 2 is 1.95 bits per heavy atom. The zero-order chi connectivity index (χ0) is 14.2. The van der Waals surface area contributed by atoms with E-state index in [0.717, 1.165) is 26.0 Å². The quantitative estimate of drug-likeness (QED) is 0.852. The third-order valence-corrected chi connectivity index (χ3v) is 5.17. The maximum Gasteiger partial charge on any atom is 0.0743 e. The number of aromatic nitrogens is 2. The standard InChI is InChI=1S/C14H17Br2N3/c1-8(17-4)12-6-5-11(7-13(12)15)19-10(3)14(16)9(2)18-19/h5-8,17H,1-4H3. The summed E-state index contributed by atoms with van der Waals surface area (Å²) in [6.45, 7) is 6.20. The number of benzene rings is 1. The van der Waals surface area contributed by atoms with E-state index in [1.807, 2.05) is 18.7 Å². The Morgan fingerprint density at radius 3 is 2.42 bits per heavy atom. The van der Waals surface area contributed by atoms with Crippen LogP contribution in [0.3, 0.4) is 0 Å². The van der Waals surface area contributed by atoms with Gasteiger partial charge < -0.3 is 5.32 Å². The average molecular weight is 387 g/mol. The topological polar surface area (TPSA) is 29.9 Å². The van der Waals surface area contributed by atoms with Gasteiger partial charge in [0.1, 0.15) is 0 Å². The van der Waals surface area contributed by atoms with Gasteiger partial charge in [-0.05, 0) is 61.4 Å². The van der Waals surface area contributed by atoms with E-state index in [9.17, 15) is 0 Å². The van der Waals surface area contributed by atoms with Gasteiger partial charge in [0.05, 0.1) is 21.5 Å². The highest BCUT2D eigenvalue weighted by Crippen LogP contribution is 2.28. The zero-order valence-electron chi connectivity index (χ0n) is 11.5. The highest BCUT2D eigenvalue weighted by molar-refractivity contribution is 9.10. The summed E-state index contributed by atoms with van der Waals surface area (Å²) in [6.07, 6.45) is 0. The van der Waals surface area contributed by atoms with Crippen LogP contribution < -0.4 is 5.32 Å². The Bertz CT molecular complexity index is 605. The van der Waals surface area contributed by atoms with Gasteiger partial charge in [-0.15, -0.1) is 0 Å². The fourth-order valence-electron chi connectivity index (χ4n) is 2.03. The fourth-order valence-corrected chi connectivity index (χ4v) is 2.99. The van der Waals surface area contributed by atoms with E-state index >= 15 is 0 Å². The minimum atomic E-state index is 0.315. The van der Waals surface area contributed by atoms with Crippen LogP contribution in [0.5, 0.6) is 0 Å². The molecular weight excluding hydrogens is 370 g/mol. The van der Waals surface area contributed by atoms with Crippen molar-refractivity contribution in [1.82, 2.24) is 15.1 Å². The molecule has 1 N–H and O–H groups in total. The molecule has 5 heteroatoms. The highest BCUT2D eigenvalue weighted by atomic mass is 79.9. The Labute approximate surface area is 130 Å². The van der Waals surface area contributed by atoms with Gasteiger partial charge in [-0.3, -0.25) is 0 Å². The third kappa shape index (κ3) is 2.78. The number of rotatable bonds is 3. The molecule has 0 aliphatic heterocycles. The summed E-state index contributed by atoms with van der Waals surface area (Å²) in [4.78, 5) is 0. The summed E-state index contributed by atoms with van der Waals surface area (Å²) in [6, 6.07) is 6.65. The van der Waals surface area contributed by atoms with Crippen LogP contribution in [0.4, 0.5) is 0 Å². The summed E-state index contributed by atoms with van der Waals surface area (Å²) in [7, 11) is 1.96. The summed E-state index contributed by atoms with van der Waals surface area (Å²) < 4.78 is 4.12. The van der Waals surface area contributed by atoms with Crippen LogP contribution in [0, 0.1) is 13.8 Å². The first-order valence-corrected chi connectivity index (χ1v) is 7.73. The number of hydrogen-bond acceptors (Lipinski definition) is 2. The van der Waals surface area contributed by atoms with Crippen molar-refractivity contribution >= 4 is 31.9 Å². The molecule has 2 aromatic rings. The molecule has 0 bridgehead atoms. The fraction of sp³-hybridized carbons (Fsp3) is 0.357. The summed E-state index contributed by atoms with van der Waals surface area (Å²) in [5, 5.41) is 7.80. The first-order valence-electron chi connectivity index (χ1n) is 6.14. The molecule has 1 heterocycles. The largest absolute Gasteiger partial charge is 0.313 e. The highest BCUT2D eigenvalue weighted by Gasteiger charge is 2.13. The lowest BCUT2D eigenvalue weighted by Crippen LogP contribution is -2.13. The van der Waals surface area contributed by atoms with Gasteiger partial charge in [-0.2, -0.15) is 5.10 Å². The lowest BCUT2D eigenvalue weighted by atomic mass is 10.1. The van der Waals surface area contributed by atoms with Gasteiger partial charge in [-0.1, -0.05) is 22.0 Å².